The number of rotatable bonds is 75. The Labute approximate surface area is 723 Å². The molecule has 0 aliphatic heterocycles. The van der Waals surface area contributed by atoms with Crippen molar-refractivity contribution in [3.63, 3.8) is 0 Å². The molecule has 0 saturated heterocycles. The molecule has 0 saturated carbocycles. The fourth-order valence-electron chi connectivity index (χ4n) is 19.4. The zero-order chi connectivity index (χ0) is 80.7. The van der Waals surface area contributed by atoms with E-state index in [4.69, 9.17) is 0 Å². The van der Waals surface area contributed by atoms with E-state index in [9.17, 15) is 0 Å². The van der Waals surface area contributed by atoms with E-state index in [1.165, 1.54) is 438 Å². The van der Waals surface area contributed by atoms with Gasteiger partial charge in [-0.15, -0.1) is 0 Å². The van der Waals surface area contributed by atoms with Crippen LogP contribution in [-0.2, 0) is 13.1 Å². The summed E-state index contributed by atoms with van der Waals surface area (Å²) >= 11 is 4.29. The van der Waals surface area contributed by atoms with Crippen molar-refractivity contribution in [1.29, 1.82) is 0 Å². The minimum atomic E-state index is -0.0568. The first kappa shape index (κ1) is 98.7. The SMILES string of the molecule is CCCCCCCCCCCCC(CCCCCCCCCC)CCCCn1c(=O)c(-c2ccc(C)[se]2)cc2c1cc(-c1ccc(-c3cc4c(s3)C(CCCCCCCCCCCC)c3cc(C)sc3C4CCCCCCCCCCCC)[se]1)c(=O)n2CCCCC(CCCCCCCCCC)CCCCCCCCCCCC. The summed E-state index contributed by atoms with van der Waals surface area (Å²) in [5.74, 6) is 2.47. The number of thiophene rings is 2. The molecular formula is C106H176N2O2S2Se2. The van der Waals surface area contributed by atoms with E-state index in [-0.39, 0.29) is 40.1 Å². The van der Waals surface area contributed by atoms with Gasteiger partial charge in [-0.1, -0.05) is 273 Å². The van der Waals surface area contributed by atoms with E-state index < -0.39 is 0 Å². The zero-order valence-electron chi connectivity index (χ0n) is 75.8. The van der Waals surface area contributed by atoms with Crippen LogP contribution < -0.4 is 11.1 Å². The van der Waals surface area contributed by atoms with Crippen LogP contribution in [0.15, 0.2) is 58.1 Å². The minimum absolute atomic E-state index is 0.0568. The second-order valence-corrected chi connectivity index (χ2v) is 44.1. The van der Waals surface area contributed by atoms with Crippen molar-refractivity contribution in [1.82, 2.24) is 9.13 Å². The average Bonchev–Trinajstić information content (AvgIpc) is 1.46. The van der Waals surface area contributed by atoms with Gasteiger partial charge in [0, 0.05) is 0 Å². The summed E-state index contributed by atoms with van der Waals surface area (Å²) in [6.07, 6.45) is 92.1. The molecule has 6 aromatic rings. The van der Waals surface area contributed by atoms with Gasteiger partial charge >= 0.3 is 457 Å². The molecule has 1 aliphatic rings. The maximum absolute atomic E-state index is 16.2. The van der Waals surface area contributed by atoms with Crippen molar-refractivity contribution >= 4 is 62.7 Å². The first-order valence-electron chi connectivity index (χ1n) is 50.4. The van der Waals surface area contributed by atoms with E-state index in [0.29, 0.717) is 24.9 Å². The predicted octanol–water partition coefficient (Wildman–Crippen LogP) is 35.5. The number of hydrogen-bond donors (Lipinski definition) is 0. The van der Waals surface area contributed by atoms with Crippen molar-refractivity contribution in [2.45, 2.75) is 517 Å². The average molecular weight is 1730 g/mol. The smallest absolute Gasteiger partial charge is 0.0654 e. The van der Waals surface area contributed by atoms with Crippen LogP contribution in [0.4, 0.5) is 0 Å². The Balaban J connectivity index is 1.20. The second-order valence-electron chi connectivity index (χ2n) is 36.7. The Hall–Kier alpha value is -2.44. The number of unbranched alkanes of at least 4 members (excludes halogenated alkanes) is 52. The summed E-state index contributed by atoms with van der Waals surface area (Å²) in [6, 6.07) is 19.1. The van der Waals surface area contributed by atoms with Gasteiger partial charge < -0.3 is 0 Å². The normalized spacial score (nSPS) is 14.1. The minimum Gasteiger partial charge on any atom is -0.0654 e. The summed E-state index contributed by atoms with van der Waals surface area (Å²) < 4.78 is 9.62. The van der Waals surface area contributed by atoms with Crippen LogP contribution in [0.5, 0.6) is 0 Å². The summed E-state index contributed by atoms with van der Waals surface area (Å²) in [4.78, 5) is 38.2. The van der Waals surface area contributed by atoms with E-state index in [0.717, 1.165) is 59.7 Å². The number of aryl methyl sites for hydroxylation is 4. The topological polar surface area (TPSA) is 44.0 Å². The fourth-order valence-corrected chi connectivity index (χ4v) is 26.2. The van der Waals surface area contributed by atoms with Crippen LogP contribution in [0.2, 0.25) is 0 Å². The number of fused-ring (bicyclic) bond motifs is 3. The predicted molar refractivity (Wildman–Crippen MR) is 513 cm³/mol. The zero-order valence-corrected chi connectivity index (χ0v) is 80.8. The van der Waals surface area contributed by atoms with Gasteiger partial charge in [0.2, 0.25) is 0 Å². The molecule has 6 aromatic heterocycles. The van der Waals surface area contributed by atoms with Crippen LogP contribution >= 0.6 is 22.7 Å². The molecular weight excluding hydrogens is 1560 g/mol. The molecule has 4 unspecified atom stereocenters. The molecule has 4 atom stereocenters. The Morgan fingerprint density at radius 2 is 0.570 bits per heavy atom. The second kappa shape index (κ2) is 62.6. The van der Waals surface area contributed by atoms with Crippen molar-refractivity contribution in [3.05, 3.63) is 99.4 Å². The third kappa shape index (κ3) is 37.5. The third-order valence-electron chi connectivity index (χ3n) is 26.6. The molecule has 7 rings (SSSR count). The summed E-state index contributed by atoms with van der Waals surface area (Å²) in [7, 11) is 0. The van der Waals surface area contributed by atoms with Crippen LogP contribution in [0.3, 0.4) is 0 Å². The number of nitrogens with zero attached hydrogens (tertiary/aromatic N) is 2. The molecule has 0 fully saturated rings. The summed E-state index contributed by atoms with van der Waals surface area (Å²) in [5, 5.41) is 0. The molecule has 0 N–H and O–H groups in total. The van der Waals surface area contributed by atoms with E-state index >= 15 is 9.59 Å². The van der Waals surface area contributed by atoms with Crippen LogP contribution in [0, 0.1) is 25.7 Å². The molecule has 4 nitrogen and oxygen atoms in total. The van der Waals surface area contributed by atoms with Gasteiger partial charge in [0.1, 0.15) is 0 Å². The summed E-state index contributed by atoms with van der Waals surface area (Å²) in [5.41, 5.74) is 7.29. The Morgan fingerprint density at radius 1 is 0.298 bits per heavy atom. The van der Waals surface area contributed by atoms with Gasteiger partial charge in [0.25, 0.3) is 0 Å². The van der Waals surface area contributed by atoms with Crippen LogP contribution in [-0.4, -0.2) is 38.1 Å². The Kier molecular flexibility index (Phi) is 54.2. The van der Waals surface area contributed by atoms with E-state index in [2.05, 4.69) is 136 Å². The van der Waals surface area contributed by atoms with E-state index in [1.807, 2.05) is 0 Å². The van der Waals surface area contributed by atoms with Gasteiger partial charge in [-0.05, 0) is 0 Å². The standard InChI is InChI=1S/C106H176N2O2S2Se2/c1-9-15-21-27-33-39-43-49-55-61-71-89(69-59-53-47-37-31-25-19-13-5)73-65-67-81-107-98-85-96(106(110)108(97(98)84-95(105(107)109)100-78-77-88(8)113-100)82-68-66-74-90(70-60-54-48-38-32-26-20-14-6)72-62-56-50-44-40-34-28-22-16-10-2)101-79-80-102(114-101)99-86-94-92(76-64-58-52-46-42-36-30-24-18-12-4)103-93(83-87(7)111-103)91(104(94)112-99)75-63-57-51-45-41-35-29-23-17-11-3/h77-80,83-86,89-92H,9-76,81-82H2,1-8H3. The first-order valence-corrected chi connectivity index (χ1v) is 55.4. The maximum atomic E-state index is 16.2. The fraction of sp³-hybridized carbons (Fsp3) is 0.774. The van der Waals surface area contributed by atoms with Gasteiger partial charge in [-0.25, -0.2) is 0 Å². The molecule has 1 aliphatic carbocycles. The van der Waals surface area contributed by atoms with E-state index in [1.54, 1.807) is 20.9 Å². The number of hydrogen-bond acceptors (Lipinski definition) is 4. The van der Waals surface area contributed by atoms with Gasteiger partial charge in [0.05, 0.1) is 0 Å². The van der Waals surface area contributed by atoms with Gasteiger partial charge in [-0.3, -0.25) is 0 Å². The van der Waals surface area contributed by atoms with Crippen molar-refractivity contribution < 1.29 is 0 Å². The molecule has 0 aromatic carbocycles. The van der Waals surface area contributed by atoms with Crippen LogP contribution in [0.25, 0.3) is 40.3 Å². The molecule has 6 heterocycles. The third-order valence-corrected chi connectivity index (χ3v) is 34.0. The Bertz CT molecular complexity index is 3410. The molecule has 0 spiro atoms. The van der Waals surface area contributed by atoms with Crippen LogP contribution in [0.1, 0.15) is 520 Å². The molecule has 0 radical (unpaired) electrons. The van der Waals surface area contributed by atoms with Crippen molar-refractivity contribution in [2.75, 3.05) is 0 Å². The molecule has 8 heteroatoms. The van der Waals surface area contributed by atoms with Gasteiger partial charge in [0.15, 0.2) is 0 Å². The Morgan fingerprint density at radius 3 is 0.895 bits per heavy atom. The quantitative estimate of drug-likeness (QED) is 0.0282. The number of aromatic nitrogens is 2. The van der Waals surface area contributed by atoms with Gasteiger partial charge in [-0.2, -0.15) is 0 Å². The molecule has 646 valence electrons. The molecule has 0 amide bonds. The first-order chi connectivity index (χ1) is 56.1. The monoisotopic (exact) mass is 1730 g/mol. The number of pyridine rings is 2. The summed E-state index contributed by atoms with van der Waals surface area (Å²) in [6.45, 7) is 20.0. The molecule has 114 heavy (non-hydrogen) atoms. The van der Waals surface area contributed by atoms with Crippen molar-refractivity contribution in [2.24, 2.45) is 11.8 Å². The molecule has 0 bridgehead atoms. The van der Waals surface area contributed by atoms with Crippen molar-refractivity contribution in [3.8, 4) is 29.3 Å².